The van der Waals surface area contributed by atoms with E-state index in [4.69, 9.17) is 0 Å². The fourth-order valence-corrected chi connectivity index (χ4v) is 2.89. The minimum absolute atomic E-state index is 0.0858. The van der Waals surface area contributed by atoms with Gasteiger partial charge in [0.05, 0.1) is 13.1 Å². The third-order valence-electron chi connectivity index (χ3n) is 4.41. The SMILES string of the molecule is O=C(NCc1ccc(Cn2cncn2)cc1)c1ccc(Cn2cccn2)cc1. The van der Waals surface area contributed by atoms with Crippen LogP contribution in [0.4, 0.5) is 0 Å². The van der Waals surface area contributed by atoms with Gasteiger partial charge in [-0.05, 0) is 34.9 Å². The molecular weight excluding hydrogens is 352 g/mol. The first-order valence-corrected chi connectivity index (χ1v) is 9.01. The molecule has 0 aliphatic carbocycles. The number of hydrogen-bond donors (Lipinski definition) is 1. The molecule has 2 heterocycles. The molecule has 0 atom stereocenters. The molecule has 4 aromatic rings. The maximum Gasteiger partial charge on any atom is 0.251 e. The number of carbonyl (C=O) groups is 1. The number of aromatic nitrogens is 5. The number of amides is 1. The highest BCUT2D eigenvalue weighted by molar-refractivity contribution is 5.94. The van der Waals surface area contributed by atoms with Gasteiger partial charge >= 0.3 is 0 Å². The molecule has 0 unspecified atom stereocenters. The zero-order valence-corrected chi connectivity index (χ0v) is 15.3. The van der Waals surface area contributed by atoms with Crippen molar-refractivity contribution in [1.82, 2.24) is 29.9 Å². The maximum atomic E-state index is 12.4. The lowest BCUT2D eigenvalue weighted by Gasteiger charge is -2.08. The van der Waals surface area contributed by atoms with Crippen molar-refractivity contribution >= 4 is 5.91 Å². The first-order valence-electron chi connectivity index (χ1n) is 9.01. The topological polar surface area (TPSA) is 77.6 Å². The number of nitrogens with one attached hydrogen (secondary N) is 1. The van der Waals surface area contributed by atoms with Crippen LogP contribution in [0.15, 0.2) is 79.6 Å². The third kappa shape index (κ3) is 4.50. The lowest BCUT2D eigenvalue weighted by atomic mass is 10.1. The van der Waals surface area contributed by atoms with Crippen LogP contribution in [-0.2, 0) is 19.6 Å². The van der Waals surface area contributed by atoms with Crippen molar-refractivity contribution in [3.05, 3.63) is 102 Å². The molecule has 2 aromatic carbocycles. The predicted octanol–water partition coefficient (Wildman–Crippen LogP) is 2.50. The van der Waals surface area contributed by atoms with Gasteiger partial charge in [-0.3, -0.25) is 9.48 Å². The second-order valence-electron chi connectivity index (χ2n) is 6.49. The first kappa shape index (κ1) is 17.7. The summed E-state index contributed by atoms with van der Waals surface area (Å²) in [5, 5.41) is 11.2. The number of benzene rings is 2. The average Bonchev–Trinajstić information content (AvgIpc) is 3.42. The number of rotatable bonds is 7. The molecule has 1 N–H and O–H groups in total. The number of hydrogen-bond acceptors (Lipinski definition) is 4. The number of carbonyl (C=O) groups excluding carboxylic acids is 1. The highest BCUT2D eigenvalue weighted by Gasteiger charge is 2.06. The van der Waals surface area contributed by atoms with E-state index in [0.717, 1.165) is 16.7 Å². The van der Waals surface area contributed by atoms with Crippen molar-refractivity contribution in [2.24, 2.45) is 0 Å². The van der Waals surface area contributed by atoms with Crippen LogP contribution in [0.5, 0.6) is 0 Å². The highest BCUT2D eigenvalue weighted by atomic mass is 16.1. The van der Waals surface area contributed by atoms with Gasteiger partial charge < -0.3 is 5.32 Å². The Morgan fingerprint density at radius 2 is 1.54 bits per heavy atom. The lowest BCUT2D eigenvalue weighted by molar-refractivity contribution is 0.0951. The van der Waals surface area contributed by atoms with E-state index < -0.39 is 0 Å². The Morgan fingerprint density at radius 1 is 0.857 bits per heavy atom. The predicted molar refractivity (Wildman–Crippen MR) is 105 cm³/mol. The van der Waals surface area contributed by atoms with Crippen molar-refractivity contribution in [2.75, 3.05) is 0 Å². The van der Waals surface area contributed by atoms with E-state index in [1.807, 2.05) is 65.5 Å². The minimum Gasteiger partial charge on any atom is -0.348 e. The summed E-state index contributed by atoms with van der Waals surface area (Å²) in [7, 11) is 0. The summed E-state index contributed by atoms with van der Waals surface area (Å²) < 4.78 is 3.62. The quantitative estimate of drug-likeness (QED) is 0.541. The van der Waals surface area contributed by atoms with Crippen molar-refractivity contribution < 1.29 is 4.79 Å². The fraction of sp³-hybridized carbons (Fsp3) is 0.143. The van der Waals surface area contributed by atoms with Crippen LogP contribution < -0.4 is 5.32 Å². The molecule has 7 nitrogen and oxygen atoms in total. The maximum absolute atomic E-state index is 12.4. The second-order valence-corrected chi connectivity index (χ2v) is 6.49. The van der Waals surface area contributed by atoms with Gasteiger partial charge in [0.2, 0.25) is 0 Å². The third-order valence-corrected chi connectivity index (χ3v) is 4.41. The molecule has 7 heteroatoms. The Hall–Kier alpha value is -3.74. The van der Waals surface area contributed by atoms with E-state index in [0.29, 0.717) is 25.2 Å². The molecule has 0 aliphatic rings. The van der Waals surface area contributed by atoms with Gasteiger partial charge in [0.25, 0.3) is 5.91 Å². The summed E-state index contributed by atoms with van der Waals surface area (Å²) >= 11 is 0. The molecule has 2 aromatic heterocycles. The van der Waals surface area contributed by atoms with E-state index in [1.165, 1.54) is 6.33 Å². The molecule has 0 bridgehead atoms. The molecule has 28 heavy (non-hydrogen) atoms. The number of nitrogens with zero attached hydrogens (tertiary/aromatic N) is 5. The summed E-state index contributed by atoms with van der Waals surface area (Å²) in [4.78, 5) is 16.3. The zero-order chi connectivity index (χ0) is 19.2. The molecular formula is C21H20N6O. The van der Waals surface area contributed by atoms with E-state index in [1.54, 1.807) is 17.2 Å². The standard InChI is InChI=1S/C21H20N6O/c28-21(20-8-6-19(7-9-20)13-26-11-1-10-24-26)23-12-17-2-4-18(5-3-17)14-27-16-22-15-25-27/h1-11,15-16H,12-14H2,(H,23,28). The normalized spacial score (nSPS) is 10.7. The molecule has 0 saturated heterocycles. The Kier molecular flexibility index (Phi) is 5.24. The summed E-state index contributed by atoms with van der Waals surface area (Å²) in [5.74, 6) is -0.0858. The highest BCUT2D eigenvalue weighted by Crippen LogP contribution is 2.08. The van der Waals surface area contributed by atoms with Crippen LogP contribution in [-0.4, -0.2) is 30.5 Å². The molecule has 4 rings (SSSR count). The Bertz CT molecular complexity index is 1010. The van der Waals surface area contributed by atoms with Crippen LogP contribution in [0.3, 0.4) is 0 Å². The van der Waals surface area contributed by atoms with Crippen molar-refractivity contribution in [1.29, 1.82) is 0 Å². The summed E-state index contributed by atoms with van der Waals surface area (Å²) in [6.45, 7) is 1.85. The first-order chi connectivity index (χ1) is 13.8. The fourth-order valence-electron chi connectivity index (χ4n) is 2.89. The van der Waals surface area contributed by atoms with Gasteiger partial charge in [-0.1, -0.05) is 36.4 Å². The summed E-state index contributed by atoms with van der Waals surface area (Å²) in [5.41, 5.74) is 3.93. The van der Waals surface area contributed by atoms with E-state index >= 15 is 0 Å². The van der Waals surface area contributed by atoms with Gasteiger partial charge in [-0.25, -0.2) is 9.67 Å². The Balaban J connectivity index is 1.30. The zero-order valence-electron chi connectivity index (χ0n) is 15.3. The molecule has 0 saturated carbocycles. The van der Waals surface area contributed by atoms with Gasteiger partial charge in [0.1, 0.15) is 12.7 Å². The molecule has 1 amide bonds. The van der Waals surface area contributed by atoms with E-state index in [-0.39, 0.29) is 5.91 Å². The van der Waals surface area contributed by atoms with Gasteiger partial charge in [0, 0.05) is 24.5 Å². The van der Waals surface area contributed by atoms with Gasteiger partial charge in [-0.15, -0.1) is 0 Å². The monoisotopic (exact) mass is 372 g/mol. The largest absolute Gasteiger partial charge is 0.348 e. The summed E-state index contributed by atoms with van der Waals surface area (Å²) in [6.07, 6.45) is 6.88. The smallest absolute Gasteiger partial charge is 0.251 e. The van der Waals surface area contributed by atoms with Gasteiger partial charge in [0.15, 0.2) is 0 Å². The van der Waals surface area contributed by atoms with Crippen LogP contribution >= 0.6 is 0 Å². The second kappa shape index (κ2) is 8.30. The van der Waals surface area contributed by atoms with Crippen LogP contribution in [0.25, 0.3) is 0 Å². The molecule has 0 spiro atoms. The van der Waals surface area contributed by atoms with Gasteiger partial charge in [-0.2, -0.15) is 10.2 Å². The molecule has 0 fully saturated rings. The van der Waals surface area contributed by atoms with Crippen LogP contribution in [0.2, 0.25) is 0 Å². The molecule has 0 aliphatic heterocycles. The van der Waals surface area contributed by atoms with Crippen molar-refractivity contribution in [3.63, 3.8) is 0 Å². The Labute approximate surface area is 162 Å². The van der Waals surface area contributed by atoms with E-state index in [2.05, 4.69) is 20.5 Å². The molecule has 0 radical (unpaired) electrons. The average molecular weight is 372 g/mol. The van der Waals surface area contributed by atoms with Crippen LogP contribution in [0, 0.1) is 0 Å². The Morgan fingerprint density at radius 3 is 2.18 bits per heavy atom. The van der Waals surface area contributed by atoms with Crippen molar-refractivity contribution in [3.8, 4) is 0 Å². The minimum atomic E-state index is -0.0858. The van der Waals surface area contributed by atoms with Crippen molar-refractivity contribution in [2.45, 2.75) is 19.6 Å². The van der Waals surface area contributed by atoms with E-state index in [9.17, 15) is 4.79 Å². The molecule has 140 valence electrons. The lowest BCUT2D eigenvalue weighted by Crippen LogP contribution is -2.22. The summed E-state index contributed by atoms with van der Waals surface area (Å²) in [6, 6.07) is 17.6. The van der Waals surface area contributed by atoms with Crippen LogP contribution in [0.1, 0.15) is 27.0 Å².